The molecule has 1 atom stereocenters. The van der Waals surface area contributed by atoms with Crippen LogP contribution >= 0.6 is 0 Å². The smallest absolute Gasteiger partial charge is 0.197 e. The van der Waals surface area contributed by atoms with Crippen molar-refractivity contribution in [3.8, 4) is 22.6 Å². The number of nitrogens with two attached hydrogens (primary N) is 2. The van der Waals surface area contributed by atoms with Gasteiger partial charge in [-0.05, 0) is 29.3 Å². The van der Waals surface area contributed by atoms with E-state index >= 15 is 0 Å². The van der Waals surface area contributed by atoms with Gasteiger partial charge in [0.25, 0.3) is 0 Å². The van der Waals surface area contributed by atoms with Crippen molar-refractivity contribution in [2.24, 2.45) is 16.5 Å². The van der Waals surface area contributed by atoms with Crippen LogP contribution in [0.25, 0.3) is 11.1 Å². The third-order valence-corrected chi connectivity index (χ3v) is 4.45. The summed E-state index contributed by atoms with van der Waals surface area (Å²) in [5.41, 5.74) is 15.0. The first-order valence-electron chi connectivity index (χ1n) is 8.42. The number of benzene rings is 2. The highest BCUT2D eigenvalue weighted by molar-refractivity contribution is 5.85. The normalized spacial score (nSPS) is 16.0. The minimum Gasteiger partial charge on any atom is -0.490 e. The summed E-state index contributed by atoms with van der Waals surface area (Å²) in [6.07, 6.45) is -0.382. The van der Waals surface area contributed by atoms with Gasteiger partial charge in [-0.1, -0.05) is 12.1 Å². The molecule has 27 heavy (non-hydrogen) atoms. The Morgan fingerprint density at radius 1 is 1.15 bits per heavy atom. The second-order valence-electron chi connectivity index (χ2n) is 6.13. The van der Waals surface area contributed by atoms with Gasteiger partial charge in [0.1, 0.15) is 12.8 Å². The summed E-state index contributed by atoms with van der Waals surface area (Å²) in [5.74, 6) is 0.177. The molecule has 7 nitrogen and oxygen atoms in total. The third-order valence-electron chi connectivity index (χ3n) is 4.45. The van der Waals surface area contributed by atoms with E-state index in [0.717, 1.165) is 11.1 Å². The van der Waals surface area contributed by atoms with Gasteiger partial charge in [-0.2, -0.15) is 0 Å². The zero-order valence-corrected chi connectivity index (χ0v) is 15.5. The van der Waals surface area contributed by atoms with Crippen LogP contribution in [0.1, 0.15) is 11.7 Å². The van der Waals surface area contributed by atoms with E-state index in [1.165, 1.54) is 13.2 Å². The number of nitrogens with zero attached hydrogens (tertiary/aromatic N) is 2. The number of methoxy groups -OCH3 is 2. The van der Waals surface area contributed by atoms with Crippen molar-refractivity contribution in [2.75, 3.05) is 34.5 Å². The van der Waals surface area contributed by atoms with Crippen molar-refractivity contribution in [2.45, 2.75) is 6.17 Å². The lowest BCUT2D eigenvalue weighted by molar-refractivity contribution is 0.143. The largest absolute Gasteiger partial charge is 0.490 e. The minimum absolute atomic E-state index is 0.0544. The molecule has 8 heteroatoms. The summed E-state index contributed by atoms with van der Waals surface area (Å²) in [5, 5.41) is 0. The molecule has 2 aromatic rings. The number of hydrogen-bond donors (Lipinski definition) is 2. The zero-order chi connectivity index (χ0) is 19.6. The van der Waals surface area contributed by atoms with Gasteiger partial charge in [0.05, 0.1) is 19.4 Å². The highest BCUT2D eigenvalue weighted by Crippen LogP contribution is 2.38. The minimum atomic E-state index is -0.514. The summed E-state index contributed by atoms with van der Waals surface area (Å²) >= 11 is 0. The fourth-order valence-corrected chi connectivity index (χ4v) is 2.90. The quantitative estimate of drug-likeness (QED) is 0.754. The Hall–Kier alpha value is -2.84. The number of rotatable bonds is 6. The maximum absolute atomic E-state index is 14.5. The van der Waals surface area contributed by atoms with Crippen LogP contribution in [0.5, 0.6) is 11.5 Å². The summed E-state index contributed by atoms with van der Waals surface area (Å²) in [4.78, 5) is 6.07. The van der Waals surface area contributed by atoms with Gasteiger partial charge >= 0.3 is 0 Å². The molecular weight excluding hydrogens is 351 g/mol. The first-order valence-corrected chi connectivity index (χ1v) is 8.42. The summed E-state index contributed by atoms with van der Waals surface area (Å²) in [6, 6.07) is 8.68. The maximum Gasteiger partial charge on any atom is 0.197 e. The Kier molecular flexibility index (Phi) is 5.48. The first-order chi connectivity index (χ1) is 13.0. The van der Waals surface area contributed by atoms with Crippen molar-refractivity contribution in [3.05, 3.63) is 41.7 Å². The van der Waals surface area contributed by atoms with Crippen LogP contribution in [0.3, 0.4) is 0 Å². The molecule has 0 amide bonds. The Morgan fingerprint density at radius 3 is 2.63 bits per heavy atom. The van der Waals surface area contributed by atoms with E-state index in [-0.39, 0.29) is 18.5 Å². The van der Waals surface area contributed by atoms with Gasteiger partial charge in [-0.3, -0.25) is 0 Å². The monoisotopic (exact) mass is 374 g/mol. The lowest BCUT2D eigenvalue weighted by Gasteiger charge is -2.30. The van der Waals surface area contributed by atoms with Crippen LogP contribution in [-0.4, -0.2) is 45.3 Å². The van der Waals surface area contributed by atoms with Crippen LogP contribution in [0.15, 0.2) is 35.3 Å². The summed E-state index contributed by atoms with van der Waals surface area (Å²) in [7, 11) is 4.75. The fourth-order valence-electron chi connectivity index (χ4n) is 2.90. The molecule has 0 fully saturated rings. The molecule has 1 aliphatic rings. The van der Waals surface area contributed by atoms with Crippen LogP contribution in [0.4, 0.5) is 10.1 Å². The molecule has 0 bridgehead atoms. The molecule has 4 N–H and O–H groups in total. The predicted molar refractivity (Wildman–Crippen MR) is 102 cm³/mol. The summed E-state index contributed by atoms with van der Waals surface area (Å²) in [6.45, 7) is 0.662. The molecule has 3 rings (SSSR count). The molecule has 0 spiro atoms. The lowest BCUT2D eigenvalue weighted by Crippen LogP contribution is -2.42. The topological polar surface area (TPSA) is 95.3 Å². The van der Waals surface area contributed by atoms with Crippen LogP contribution in [0.2, 0.25) is 0 Å². The van der Waals surface area contributed by atoms with Gasteiger partial charge in [0.2, 0.25) is 0 Å². The van der Waals surface area contributed by atoms with Gasteiger partial charge in [0.15, 0.2) is 23.3 Å². The van der Waals surface area contributed by atoms with Crippen LogP contribution < -0.4 is 20.9 Å². The van der Waals surface area contributed by atoms with Crippen molar-refractivity contribution >= 4 is 11.6 Å². The number of guanidine groups is 1. The molecule has 0 saturated heterocycles. The maximum atomic E-state index is 14.5. The van der Waals surface area contributed by atoms with E-state index in [9.17, 15) is 4.39 Å². The standard InChI is InChI=1S/C19H23FN4O3/c1-24-18(21)13-5-4-11(9-15(13)23-19(24)22)12-8-14(20)17(26-3)16(10-12)27-7-6-25-2/h4-5,8-10,18H,6-7,21H2,1-3H3,(H2,22,23). The highest BCUT2D eigenvalue weighted by Gasteiger charge is 2.23. The van der Waals surface area contributed by atoms with E-state index in [4.69, 9.17) is 25.7 Å². The third kappa shape index (κ3) is 3.67. The molecule has 0 radical (unpaired) electrons. The number of fused-ring (bicyclic) bond motifs is 1. The van der Waals surface area contributed by atoms with Crippen LogP contribution in [-0.2, 0) is 4.74 Å². The Morgan fingerprint density at radius 2 is 1.93 bits per heavy atom. The molecule has 0 aromatic heterocycles. The SMILES string of the molecule is COCCOc1cc(-c2ccc3c(c2)N=C(N)N(C)C3N)cc(F)c1OC. The first kappa shape index (κ1) is 18.9. The van der Waals surface area contributed by atoms with Gasteiger partial charge in [-0.25, -0.2) is 9.38 Å². The molecule has 1 unspecified atom stereocenters. The Balaban J connectivity index is 2.01. The molecule has 1 heterocycles. The molecule has 0 aliphatic carbocycles. The van der Waals surface area contributed by atoms with Crippen LogP contribution in [0, 0.1) is 5.82 Å². The molecule has 1 aliphatic heterocycles. The van der Waals surface area contributed by atoms with Gasteiger partial charge < -0.3 is 30.6 Å². The molecule has 0 saturated carbocycles. The number of hydrogen-bond acceptors (Lipinski definition) is 7. The average molecular weight is 374 g/mol. The summed E-state index contributed by atoms with van der Waals surface area (Å²) < 4.78 is 30.2. The molecule has 2 aromatic carbocycles. The van der Waals surface area contributed by atoms with Gasteiger partial charge in [-0.15, -0.1) is 0 Å². The number of halogens is 1. The number of aliphatic imine (C=N–C) groups is 1. The van der Waals surface area contributed by atoms with E-state index in [2.05, 4.69) is 4.99 Å². The molecule has 144 valence electrons. The fraction of sp³-hybridized carbons (Fsp3) is 0.316. The lowest BCUT2D eigenvalue weighted by atomic mass is 9.99. The van der Waals surface area contributed by atoms with E-state index in [1.807, 2.05) is 18.2 Å². The zero-order valence-electron chi connectivity index (χ0n) is 15.5. The Bertz CT molecular complexity index is 872. The molecular formula is C19H23FN4O3. The van der Waals surface area contributed by atoms with Crippen molar-refractivity contribution in [3.63, 3.8) is 0 Å². The van der Waals surface area contributed by atoms with Crippen molar-refractivity contribution in [1.29, 1.82) is 0 Å². The second kappa shape index (κ2) is 7.81. The van der Waals surface area contributed by atoms with E-state index in [0.29, 0.717) is 29.6 Å². The van der Waals surface area contributed by atoms with Gasteiger partial charge in [0, 0.05) is 19.7 Å². The van der Waals surface area contributed by atoms with Crippen molar-refractivity contribution < 1.29 is 18.6 Å². The Labute approximate surface area is 157 Å². The van der Waals surface area contributed by atoms with E-state index < -0.39 is 5.82 Å². The average Bonchev–Trinajstić information content (AvgIpc) is 2.65. The predicted octanol–water partition coefficient (Wildman–Crippen LogP) is 2.38. The van der Waals surface area contributed by atoms with E-state index in [1.54, 1.807) is 25.1 Å². The number of ether oxygens (including phenoxy) is 3. The second-order valence-corrected chi connectivity index (χ2v) is 6.13. The highest BCUT2D eigenvalue weighted by atomic mass is 19.1. The van der Waals surface area contributed by atoms with Crippen molar-refractivity contribution in [1.82, 2.24) is 4.90 Å².